The largest absolute Gasteiger partial charge is 0.335 e. The number of rotatable bonds is 4. The summed E-state index contributed by atoms with van der Waals surface area (Å²) < 4.78 is 0.969. The first-order chi connectivity index (χ1) is 11.1. The van der Waals surface area contributed by atoms with Crippen molar-refractivity contribution in [2.75, 3.05) is 32.4 Å². The van der Waals surface area contributed by atoms with Crippen molar-refractivity contribution in [3.63, 3.8) is 0 Å². The van der Waals surface area contributed by atoms with Crippen LogP contribution in [0.1, 0.15) is 37.2 Å². The molecule has 1 aromatic rings. The third kappa shape index (κ3) is 3.98. The molecule has 1 aromatic heterocycles. The van der Waals surface area contributed by atoms with E-state index in [0.717, 1.165) is 30.5 Å². The molecule has 0 unspecified atom stereocenters. The number of amides is 1. The number of aromatic nitrogens is 1. The number of carbonyl (C=O) groups is 1. The lowest BCUT2D eigenvalue weighted by molar-refractivity contribution is 0.0735. The molecule has 0 radical (unpaired) electrons. The molecule has 3 saturated heterocycles. The van der Waals surface area contributed by atoms with Crippen molar-refractivity contribution in [1.82, 2.24) is 14.8 Å². The van der Waals surface area contributed by atoms with E-state index in [0.29, 0.717) is 17.7 Å². The van der Waals surface area contributed by atoms with Crippen LogP contribution >= 0.6 is 23.1 Å². The van der Waals surface area contributed by atoms with E-state index >= 15 is 0 Å². The first-order valence-electron chi connectivity index (χ1n) is 8.23. The Balaban J connectivity index is 1.71. The molecule has 3 fully saturated rings. The van der Waals surface area contributed by atoms with Crippen LogP contribution in [-0.2, 0) is 0 Å². The zero-order valence-electron chi connectivity index (χ0n) is 14.1. The number of thiazole rings is 1. The van der Waals surface area contributed by atoms with E-state index in [2.05, 4.69) is 29.8 Å². The van der Waals surface area contributed by atoms with Gasteiger partial charge in [-0.2, -0.15) is 0 Å². The van der Waals surface area contributed by atoms with E-state index in [-0.39, 0.29) is 5.91 Å². The molecule has 4 nitrogen and oxygen atoms in total. The van der Waals surface area contributed by atoms with Crippen molar-refractivity contribution in [2.45, 2.75) is 37.1 Å². The Morgan fingerprint density at radius 3 is 2.91 bits per heavy atom. The van der Waals surface area contributed by atoms with Crippen LogP contribution in [-0.4, -0.2) is 59.2 Å². The summed E-state index contributed by atoms with van der Waals surface area (Å²) in [6.07, 6.45) is 6.75. The Kier molecular flexibility index (Phi) is 5.44. The Hall–Kier alpha value is -0.850. The summed E-state index contributed by atoms with van der Waals surface area (Å²) in [7, 11) is 0. The lowest BCUT2D eigenvalue weighted by atomic mass is 9.95. The fraction of sp³-hybridized carbons (Fsp3) is 0.647. The van der Waals surface area contributed by atoms with Gasteiger partial charge in [-0.3, -0.25) is 9.69 Å². The maximum Gasteiger partial charge on any atom is 0.273 e. The van der Waals surface area contributed by atoms with E-state index in [9.17, 15) is 4.79 Å². The Labute approximate surface area is 147 Å². The first-order valence-corrected chi connectivity index (χ1v) is 10.3. The van der Waals surface area contributed by atoms with Gasteiger partial charge in [0.2, 0.25) is 0 Å². The minimum atomic E-state index is 0.113. The van der Waals surface area contributed by atoms with Crippen molar-refractivity contribution in [2.24, 2.45) is 5.92 Å². The summed E-state index contributed by atoms with van der Waals surface area (Å²) in [6, 6.07) is 0.493. The molecule has 3 aliphatic rings. The lowest BCUT2D eigenvalue weighted by Crippen LogP contribution is -2.44. The summed E-state index contributed by atoms with van der Waals surface area (Å²) in [4.78, 5) is 21.9. The number of hydrogen-bond donors (Lipinski definition) is 0. The van der Waals surface area contributed by atoms with E-state index in [4.69, 9.17) is 0 Å². The quantitative estimate of drug-likeness (QED) is 0.616. The zero-order chi connectivity index (χ0) is 16.4. The number of piperidine rings is 1. The van der Waals surface area contributed by atoms with Gasteiger partial charge in [0.25, 0.3) is 5.91 Å². The van der Waals surface area contributed by atoms with Gasteiger partial charge in [0.05, 0.1) is 0 Å². The minimum absolute atomic E-state index is 0.113. The van der Waals surface area contributed by atoms with Gasteiger partial charge in [0.15, 0.2) is 0 Å². The third-order valence-corrected chi connectivity index (χ3v) is 6.59. The SMILES string of the molecule is CSc1nc(C(=O)N2C[C@@H]3CC[C@H](C2)N(CC=C(C)C)C3)cs1. The van der Waals surface area contributed by atoms with Gasteiger partial charge in [-0.1, -0.05) is 23.4 Å². The van der Waals surface area contributed by atoms with Crippen LogP contribution in [0.25, 0.3) is 0 Å². The monoisotopic (exact) mass is 351 g/mol. The summed E-state index contributed by atoms with van der Waals surface area (Å²) in [5.41, 5.74) is 1.99. The molecule has 126 valence electrons. The highest BCUT2D eigenvalue weighted by Gasteiger charge is 2.36. The molecule has 1 amide bonds. The van der Waals surface area contributed by atoms with E-state index in [1.165, 1.54) is 18.4 Å². The van der Waals surface area contributed by atoms with Crippen LogP contribution in [0.5, 0.6) is 0 Å². The summed E-state index contributed by atoms with van der Waals surface area (Å²) in [6.45, 7) is 8.16. The first kappa shape index (κ1) is 17.0. The van der Waals surface area contributed by atoms with Gasteiger partial charge >= 0.3 is 0 Å². The van der Waals surface area contributed by atoms with Crippen LogP contribution in [0, 0.1) is 5.92 Å². The fourth-order valence-electron chi connectivity index (χ4n) is 3.48. The van der Waals surface area contributed by atoms with Crippen LogP contribution in [0.4, 0.5) is 0 Å². The third-order valence-electron chi connectivity index (χ3n) is 4.73. The molecule has 2 atom stereocenters. The molecule has 2 bridgehead atoms. The second-order valence-corrected chi connectivity index (χ2v) is 8.66. The normalized spacial score (nSPS) is 24.6. The summed E-state index contributed by atoms with van der Waals surface area (Å²) in [5, 5.41) is 1.90. The molecule has 0 aliphatic carbocycles. The van der Waals surface area contributed by atoms with Gasteiger partial charge in [0.1, 0.15) is 10.0 Å². The topological polar surface area (TPSA) is 36.4 Å². The average molecular weight is 352 g/mol. The standard InChI is InChI=1S/C17H25N3OS2/c1-12(2)6-7-19-8-13-4-5-14(19)10-20(9-13)16(21)15-11-23-17(18-15)22-3/h6,11,13-14H,4-5,7-10H2,1-3H3/t13-,14-/m1/s1. The molecule has 3 aliphatic heterocycles. The predicted molar refractivity (Wildman–Crippen MR) is 97.3 cm³/mol. The Morgan fingerprint density at radius 2 is 2.22 bits per heavy atom. The van der Waals surface area contributed by atoms with E-state index in [1.54, 1.807) is 23.1 Å². The van der Waals surface area contributed by atoms with Gasteiger partial charge in [-0.25, -0.2) is 4.98 Å². The number of allylic oxidation sites excluding steroid dienone is 1. The molecule has 0 spiro atoms. The molecule has 0 saturated carbocycles. The van der Waals surface area contributed by atoms with Gasteiger partial charge in [-0.05, 0) is 38.9 Å². The number of fused-ring (bicyclic) bond motifs is 4. The maximum atomic E-state index is 12.8. The highest BCUT2D eigenvalue weighted by Crippen LogP contribution is 2.29. The van der Waals surface area contributed by atoms with E-state index < -0.39 is 0 Å². The molecule has 4 heterocycles. The molecule has 0 aromatic carbocycles. The number of hydrogen-bond acceptors (Lipinski definition) is 5. The molecule has 6 heteroatoms. The van der Waals surface area contributed by atoms with Crippen molar-refractivity contribution < 1.29 is 4.79 Å². The summed E-state index contributed by atoms with van der Waals surface area (Å²) >= 11 is 3.17. The second-order valence-electron chi connectivity index (χ2n) is 6.75. The second kappa shape index (κ2) is 7.36. The van der Waals surface area contributed by atoms with Crippen LogP contribution in [0.2, 0.25) is 0 Å². The maximum absolute atomic E-state index is 12.8. The van der Waals surface area contributed by atoms with Crippen molar-refractivity contribution >= 4 is 29.0 Å². The Bertz CT molecular complexity index is 594. The van der Waals surface area contributed by atoms with Crippen molar-refractivity contribution in [3.05, 3.63) is 22.7 Å². The van der Waals surface area contributed by atoms with Crippen LogP contribution < -0.4 is 0 Å². The van der Waals surface area contributed by atoms with Crippen LogP contribution in [0.3, 0.4) is 0 Å². The number of carbonyl (C=O) groups excluding carboxylic acids is 1. The highest BCUT2D eigenvalue weighted by atomic mass is 32.2. The molecular weight excluding hydrogens is 326 g/mol. The van der Waals surface area contributed by atoms with E-state index in [1.807, 2.05) is 16.5 Å². The van der Waals surface area contributed by atoms with Crippen LogP contribution in [0.15, 0.2) is 21.4 Å². The van der Waals surface area contributed by atoms with Gasteiger partial charge in [0, 0.05) is 37.6 Å². The highest BCUT2D eigenvalue weighted by molar-refractivity contribution is 8.00. The average Bonchev–Trinajstić information content (AvgIpc) is 2.84. The lowest BCUT2D eigenvalue weighted by Gasteiger charge is -2.35. The smallest absolute Gasteiger partial charge is 0.273 e. The number of nitrogens with zero attached hydrogens (tertiary/aromatic N) is 3. The molecule has 0 N–H and O–H groups in total. The Morgan fingerprint density at radius 1 is 1.39 bits per heavy atom. The molecule has 23 heavy (non-hydrogen) atoms. The molecular formula is C17H25N3OS2. The zero-order valence-corrected chi connectivity index (χ0v) is 15.8. The van der Waals surface area contributed by atoms with Gasteiger partial charge < -0.3 is 4.90 Å². The van der Waals surface area contributed by atoms with Crippen molar-refractivity contribution in [1.29, 1.82) is 0 Å². The van der Waals surface area contributed by atoms with Gasteiger partial charge in [-0.15, -0.1) is 11.3 Å². The predicted octanol–water partition coefficient (Wildman–Crippen LogP) is 3.37. The minimum Gasteiger partial charge on any atom is -0.335 e. The fourth-order valence-corrected chi connectivity index (χ4v) is 4.72. The number of thioether (sulfide) groups is 1. The van der Waals surface area contributed by atoms with Crippen molar-refractivity contribution in [3.8, 4) is 0 Å². The molecule has 4 rings (SSSR count). The summed E-state index contributed by atoms with van der Waals surface area (Å²) in [5.74, 6) is 0.712.